The highest BCUT2D eigenvalue weighted by Gasteiger charge is 2.22. The third-order valence-corrected chi connectivity index (χ3v) is 3.61. The molecule has 3 nitrogen and oxygen atoms in total. The molecule has 1 rings (SSSR count). The van der Waals surface area contributed by atoms with E-state index in [1.807, 2.05) is 32.0 Å². The Hall–Kier alpha value is -0.870. The number of nitrogens with two attached hydrogens (primary N) is 1. The van der Waals surface area contributed by atoms with Gasteiger partial charge in [-0.3, -0.25) is 4.79 Å². The van der Waals surface area contributed by atoms with E-state index in [2.05, 4.69) is 20.7 Å². The number of benzene rings is 1. The number of aryl methyl sites for hydroxylation is 1. The maximum absolute atomic E-state index is 11.3. The number of halogens is 1. The Bertz CT molecular complexity index is 393. The molecule has 0 aliphatic carbocycles. The van der Waals surface area contributed by atoms with Crippen molar-refractivity contribution < 1.29 is 9.53 Å². The van der Waals surface area contributed by atoms with Crippen LogP contribution in [0.3, 0.4) is 0 Å². The molecule has 0 aliphatic heterocycles. The lowest BCUT2D eigenvalue weighted by Crippen LogP contribution is -2.36. The lowest BCUT2D eigenvalue weighted by Gasteiger charge is -2.18. The maximum atomic E-state index is 11.3. The standard InChI is InChI=1S/C12H16BrNO2/c1-7-6-9(4-5-10(7)13)8(2)11(14)12(15)16-3/h4-6,8,11H,14H2,1-3H3. The second-order valence-electron chi connectivity index (χ2n) is 3.85. The highest BCUT2D eigenvalue weighted by molar-refractivity contribution is 9.10. The average molecular weight is 286 g/mol. The van der Waals surface area contributed by atoms with Crippen LogP contribution >= 0.6 is 15.9 Å². The molecule has 0 amide bonds. The van der Waals surface area contributed by atoms with Crippen molar-refractivity contribution in [3.05, 3.63) is 33.8 Å². The third-order valence-electron chi connectivity index (χ3n) is 2.72. The van der Waals surface area contributed by atoms with Crippen LogP contribution in [-0.4, -0.2) is 19.1 Å². The number of carbonyl (C=O) groups excluding carboxylic acids is 1. The second-order valence-corrected chi connectivity index (χ2v) is 4.70. The highest BCUT2D eigenvalue weighted by atomic mass is 79.9. The zero-order valence-corrected chi connectivity index (χ0v) is 11.2. The van der Waals surface area contributed by atoms with Gasteiger partial charge in [0, 0.05) is 10.4 Å². The van der Waals surface area contributed by atoms with E-state index in [0.29, 0.717) is 0 Å². The van der Waals surface area contributed by atoms with Crippen LogP contribution in [0, 0.1) is 6.92 Å². The normalized spacial score (nSPS) is 14.3. The summed E-state index contributed by atoms with van der Waals surface area (Å²) < 4.78 is 5.69. The zero-order chi connectivity index (χ0) is 12.3. The summed E-state index contributed by atoms with van der Waals surface area (Å²) in [6, 6.07) is 5.33. The number of ether oxygens (including phenoxy) is 1. The smallest absolute Gasteiger partial charge is 0.323 e. The number of carbonyl (C=O) groups is 1. The molecule has 1 aromatic rings. The molecular formula is C12H16BrNO2. The Morgan fingerprint density at radius 2 is 2.12 bits per heavy atom. The fourth-order valence-corrected chi connectivity index (χ4v) is 1.75. The van der Waals surface area contributed by atoms with Crippen LogP contribution in [0.15, 0.2) is 22.7 Å². The number of hydrogen-bond donors (Lipinski definition) is 1. The summed E-state index contributed by atoms with van der Waals surface area (Å²) >= 11 is 3.44. The Kier molecular flexibility index (Phi) is 4.50. The van der Waals surface area contributed by atoms with E-state index >= 15 is 0 Å². The molecule has 88 valence electrons. The Labute approximate surface area is 104 Å². The van der Waals surface area contributed by atoms with E-state index in [9.17, 15) is 4.79 Å². The third kappa shape index (κ3) is 2.83. The van der Waals surface area contributed by atoms with Gasteiger partial charge in [0.05, 0.1) is 7.11 Å². The molecule has 2 atom stereocenters. The molecule has 4 heteroatoms. The van der Waals surface area contributed by atoms with Crippen molar-refractivity contribution in [3.8, 4) is 0 Å². The molecule has 0 spiro atoms. The Morgan fingerprint density at radius 3 is 2.62 bits per heavy atom. The predicted molar refractivity (Wildman–Crippen MR) is 67.3 cm³/mol. The topological polar surface area (TPSA) is 52.3 Å². The van der Waals surface area contributed by atoms with Crippen molar-refractivity contribution >= 4 is 21.9 Å². The quantitative estimate of drug-likeness (QED) is 0.868. The molecule has 0 saturated heterocycles. The van der Waals surface area contributed by atoms with Crippen LogP contribution in [0.5, 0.6) is 0 Å². The van der Waals surface area contributed by atoms with Crippen molar-refractivity contribution in [1.82, 2.24) is 0 Å². The van der Waals surface area contributed by atoms with Gasteiger partial charge < -0.3 is 10.5 Å². The van der Waals surface area contributed by atoms with E-state index in [0.717, 1.165) is 15.6 Å². The summed E-state index contributed by atoms with van der Waals surface area (Å²) in [6.07, 6.45) is 0. The number of methoxy groups -OCH3 is 1. The van der Waals surface area contributed by atoms with Gasteiger partial charge >= 0.3 is 5.97 Å². The largest absolute Gasteiger partial charge is 0.468 e. The van der Waals surface area contributed by atoms with Gasteiger partial charge in [-0.2, -0.15) is 0 Å². The van der Waals surface area contributed by atoms with Crippen LogP contribution in [0.4, 0.5) is 0 Å². The number of rotatable bonds is 3. The Balaban J connectivity index is 2.91. The average Bonchev–Trinajstić information content (AvgIpc) is 2.29. The molecule has 0 fully saturated rings. The molecule has 0 aliphatic rings. The molecule has 0 aromatic heterocycles. The summed E-state index contributed by atoms with van der Waals surface area (Å²) in [5, 5.41) is 0. The van der Waals surface area contributed by atoms with Crippen LogP contribution in [0.2, 0.25) is 0 Å². The van der Waals surface area contributed by atoms with Crippen molar-refractivity contribution in [1.29, 1.82) is 0 Å². The van der Waals surface area contributed by atoms with E-state index < -0.39 is 6.04 Å². The van der Waals surface area contributed by atoms with Gasteiger partial charge in [-0.25, -0.2) is 0 Å². The lowest BCUT2D eigenvalue weighted by atomic mass is 9.93. The highest BCUT2D eigenvalue weighted by Crippen LogP contribution is 2.24. The van der Waals surface area contributed by atoms with Gasteiger partial charge in [0.1, 0.15) is 6.04 Å². The minimum atomic E-state index is -0.620. The SMILES string of the molecule is COC(=O)C(N)C(C)c1ccc(Br)c(C)c1. The maximum Gasteiger partial charge on any atom is 0.323 e. The molecule has 1 aromatic carbocycles. The second kappa shape index (κ2) is 5.46. The molecule has 0 saturated carbocycles. The lowest BCUT2D eigenvalue weighted by molar-refractivity contribution is -0.142. The summed E-state index contributed by atoms with van der Waals surface area (Å²) in [5.74, 6) is -0.438. The van der Waals surface area contributed by atoms with Crippen LogP contribution in [0.1, 0.15) is 24.0 Å². The van der Waals surface area contributed by atoms with Crippen LogP contribution in [0.25, 0.3) is 0 Å². The van der Waals surface area contributed by atoms with Crippen LogP contribution < -0.4 is 5.73 Å². The van der Waals surface area contributed by atoms with Crippen molar-refractivity contribution in [2.75, 3.05) is 7.11 Å². The van der Waals surface area contributed by atoms with Gasteiger partial charge in [-0.15, -0.1) is 0 Å². The van der Waals surface area contributed by atoms with Gasteiger partial charge in [0.2, 0.25) is 0 Å². The molecule has 16 heavy (non-hydrogen) atoms. The molecule has 2 unspecified atom stereocenters. The Morgan fingerprint density at radius 1 is 1.50 bits per heavy atom. The first-order valence-corrected chi connectivity index (χ1v) is 5.86. The van der Waals surface area contributed by atoms with Crippen molar-refractivity contribution in [3.63, 3.8) is 0 Å². The van der Waals surface area contributed by atoms with E-state index in [1.165, 1.54) is 7.11 Å². The monoisotopic (exact) mass is 285 g/mol. The van der Waals surface area contributed by atoms with Gasteiger partial charge in [-0.05, 0) is 24.1 Å². The first-order chi connectivity index (χ1) is 7.47. The van der Waals surface area contributed by atoms with E-state index in [-0.39, 0.29) is 11.9 Å². The first-order valence-electron chi connectivity index (χ1n) is 5.06. The molecule has 0 bridgehead atoms. The van der Waals surface area contributed by atoms with Gasteiger partial charge in [-0.1, -0.05) is 35.0 Å². The fraction of sp³-hybridized carbons (Fsp3) is 0.417. The number of hydrogen-bond acceptors (Lipinski definition) is 3. The van der Waals surface area contributed by atoms with E-state index in [4.69, 9.17) is 5.73 Å². The molecule has 0 heterocycles. The summed E-state index contributed by atoms with van der Waals surface area (Å²) in [4.78, 5) is 11.3. The zero-order valence-electron chi connectivity index (χ0n) is 9.66. The summed E-state index contributed by atoms with van der Waals surface area (Å²) in [7, 11) is 1.35. The van der Waals surface area contributed by atoms with Gasteiger partial charge in [0.15, 0.2) is 0 Å². The van der Waals surface area contributed by atoms with Crippen molar-refractivity contribution in [2.45, 2.75) is 25.8 Å². The summed E-state index contributed by atoms with van der Waals surface area (Å²) in [6.45, 7) is 3.92. The minimum Gasteiger partial charge on any atom is -0.468 e. The van der Waals surface area contributed by atoms with Crippen LogP contribution in [-0.2, 0) is 9.53 Å². The molecule has 0 radical (unpaired) electrons. The first kappa shape index (κ1) is 13.2. The molecule has 2 N–H and O–H groups in total. The van der Waals surface area contributed by atoms with Crippen molar-refractivity contribution in [2.24, 2.45) is 5.73 Å². The molecular weight excluding hydrogens is 270 g/mol. The fourth-order valence-electron chi connectivity index (χ4n) is 1.50. The number of esters is 1. The summed E-state index contributed by atoms with van der Waals surface area (Å²) in [5.41, 5.74) is 7.97. The minimum absolute atomic E-state index is 0.0563. The van der Waals surface area contributed by atoms with E-state index in [1.54, 1.807) is 0 Å². The predicted octanol–water partition coefficient (Wildman–Crippen LogP) is 2.36. The van der Waals surface area contributed by atoms with Gasteiger partial charge in [0.25, 0.3) is 0 Å².